The Morgan fingerprint density at radius 1 is 1.15 bits per heavy atom. The van der Waals surface area contributed by atoms with Gasteiger partial charge in [0.1, 0.15) is 5.15 Å². The van der Waals surface area contributed by atoms with Crippen LogP contribution in [0.4, 0.5) is 0 Å². The zero-order valence-corrected chi connectivity index (χ0v) is 20.4. The fourth-order valence-corrected chi connectivity index (χ4v) is 6.64. The minimum Gasteiger partial charge on any atom is -0.408 e. The van der Waals surface area contributed by atoms with E-state index in [-0.39, 0.29) is 11.7 Å². The van der Waals surface area contributed by atoms with Crippen LogP contribution in [0.3, 0.4) is 0 Å². The molecule has 0 saturated heterocycles. The van der Waals surface area contributed by atoms with Gasteiger partial charge < -0.3 is 14.5 Å². The Balaban J connectivity index is 2.97. The fourth-order valence-electron chi connectivity index (χ4n) is 3.06. The monoisotopic (exact) mass is 434 g/mol. The van der Waals surface area contributed by atoms with Crippen molar-refractivity contribution in [2.75, 3.05) is 19.7 Å². The van der Waals surface area contributed by atoms with Gasteiger partial charge in [-0.15, -0.1) is 0 Å². The van der Waals surface area contributed by atoms with Gasteiger partial charge in [0.05, 0.1) is 23.3 Å². The number of halogens is 2. The van der Waals surface area contributed by atoms with Crippen molar-refractivity contribution in [3.8, 4) is 0 Å². The van der Waals surface area contributed by atoms with E-state index in [0.29, 0.717) is 23.3 Å². The quantitative estimate of drug-likeness (QED) is 0.257. The lowest BCUT2D eigenvalue weighted by molar-refractivity contribution is -0.00147. The third-order valence-electron chi connectivity index (χ3n) is 4.88. The molecule has 1 unspecified atom stereocenters. The Hall–Kier alpha value is -0.173. The lowest BCUT2D eigenvalue weighted by atomic mass is 10.1. The van der Waals surface area contributed by atoms with Crippen LogP contribution in [0.1, 0.15) is 58.9 Å². The van der Waals surface area contributed by atoms with E-state index in [1.54, 1.807) is 0 Å². The first-order valence-electron chi connectivity index (χ1n) is 9.92. The van der Waals surface area contributed by atoms with E-state index < -0.39 is 8.32 Å². The molecular formula is C20H36Cl2N2O2Si. The SMILES string of the molecule is CC[Si](CC)(CC)OC(CNCCOC(C)(C)C)c1c(Cl)cc(C)nc1Cl. The summed E-state index contributed by atoms with van der Waals surface area (Å²) in [6, 6.07) is 5.06. The fraction of sp³-hybridized carbons (Fsp3) is 0.750. The Kier molecular flexibility index (Phi) is 10.2. The van der Waals surface area contributed by atoms with Gasteiger partial charge in [0.2, 0.25) is 0 Å². The lowest BCUT2D eigenvalue weighted by Gasteiger charge is -2.34. The smallest absolute Gasteiger partial charge is 0.192 e. The highest BCUT2D eigenvalue weighted by atomic mass is 35.5. The molecular weight excluding hydrogens is 399 g/mol. The normalized spacial score (nSPS) is 13.8. The molecule has 0 saturated carbocycles. The predicted octanol–water partition coefficient (Wildman–Crippen LogP) is 6.16. The van der Waals surface area contributed by atoms with Crippen molar-refractivity contribution in [2.45, 2.75) is 78.3 Å². The van der Waals surface area contributed by atoms with Gasteiger partial charge >= 0.3 is 0 Å². The minimum atomic E-state index is -1.84. The van der Waals surface area contributed by atoms with Gasteiger partial charge in [0.25, 0.3) is 0 Å². The Bertz CT molecular complexity index is 559. The number of nitrogens with zero attached hydrogens (tertiary/aromatic N) is 1. The summed E-state index contributed by atoms with van der Waals surface area (Å²) in [6.45, 7) is 16.7. The molecule has 0 aliphatic rings. The molecule has 0 bridgehead atoms. The number of aromatic nitrogens is 1. The summed E-state index contributed by atoms with van der Waals surface area (Å²) in [5.41, 5.74) is 1.46. The molecule has 0 amide bonds. The first kappa shape index (κ1) is 24.9. The van der Waals surface area contributed by atoms with E-state index in [1.807, 2.05) is 13.0 Å². The van der Waals surface area contributed by atoms with Crippen molar-refractivity contribution in [2.24, 2.45) is 0 Å². The van der Waals surface area contributed by atoms with E-state index in [2.05, 4.69) is 51.8 Å². The lowest BCUT2D eigenvalue weighted by Crippen LogP contribution is -2.40. The van der Waals surface area contributed by atoms with Crippen molar-refractivity contribution in [1.29, 1.82) is 0 Å². The largest absolute Gasteiger partial charge is 0.408 e. The van der Waals surface area contributed by atoms with Crippen molar-refractivity contribution < 1.29 is 9.16 Å². The maximum Gasteiger partial charge on any atom is 0.192 e. The average Bonchev–Trinajstić information content (AvgIpc) is 2.57. The van der Waals surface area contributed by atoms with Crippen LogP contribution >= 0.6 is 23.2 Å². The van der Waals surface area contributed by atoms with Crippen molar-refractivity contribution in [3.05, 3.63) is 27.5 Å². The molecule has 1 heterocycles. The number of aryl methyl sites for hydroxylation is 1. The standard InChI is InChI=1S/C20H36Cl2N2O2Si/c1-8-27(9-2,10-3)26-17(14-23-11-12-25-20(5,6)7)18-16(21)13-15(4)24-19(18)22/h13,17,23H,8-12,14H2,1-7H3. The third kappa shape index (κ3) is 7.99. The third-order valence-corrected chi connectivity index (χ3v) is 10.1. The molecule has 0 aliphatic carbocycles. The Labute approximate surface area is 176 Å². The summed E-state index contributed by atoms with van der Waals surface area (Å²) >= 11 is 13.0. The van der Waals surface area contributed by atoms with Gasteiger partial charge in [-0.2, -0.15) is 0 Å². The van der Waals surface area contributed by atoms with Crippen LogP contribution in [0, 0.1) is 6.92 Å². The maximum absolute atomic E-state index is 6.75. The molecule has 27 heavy (non-hydrogen) atoms. The summed E-state index contributed by atoms with van der Waals surface area (Å²) in [5.74, 6) is 0. The number of hydrogen-bond donors (Lipinski definition) is 1. The highest BCUT2D eigenvalue weighted by molar-refractivity contribution is 6.73. The second-order valence-electron chi connectivity index (χ2n) is 7.97. The number of hydrogen-bond acceptors (Lipinski definition) is 4. The van der Waals surface area contributed by atoms with Gasteiger partial charge in [-0.25, -0.2) is 4.98 Å². The van der Waals surface area contributed by atoms with Crippen LogP contribution in [0.2, 0.25) is 28.3 Å². The number of pyridine rings is 1. The van der Waals surface area contributed by atoms with Gasteiger partial charge in [-0.1, -0.05) is 44.0 Å². The Morgan fingerprint density at radius 3 is 2.22 bits per heavy atom. The first-order valence-corrected chi connectivity index (χ1v) is 13.2. The zero-order valence-electron chi connectivity index (χ0n) is 17.9. The van der Waals surface area contributed by atoms with Crippen molar-refractivity contribution >= 4 is 31.5 Å². The summed E-state index contributed by atoms with van der Waals surface area (Å²) in [6.07, 6.45) is -0.209. The van der Waals surface area contributed by atoms with Crippen LogP contribution in [0.5, 0.6) is 0 Å². The summed E-state index contributed by atoms with van der Waals surface area (Å²) in [5, 5.41) is 4.50. The maximum atomic E-state index is 6.75. The number of nitrogens with one attached hydrogen (secondary N) is 1. The highest BCUT2D eigenvalue weighted by Gasteiger charge is 2.34. The average molecular weight is 436 g/mol. The van der Waals surface area contributed by atoms with Crippen LogP contribution in [0.15, 0.2) is 6.07 Å². The first-order chi connectivity index (χ1) is 12.6. The Morgan fingerprint density at radius 2 is 1.74 bits per heavy atom. The van der Waals surface area contributed by atoms with Gasteiger partial charge in [0, 0.05) is 24.3 Å². The molecule has 156 valence electrons. The van der Waals surface area contributed by atoms with Crippen molar-refractivity contribution in [1.82, 2.24) is 10.3 Å². The van der Waals surface area contributed by atoms with E-state index in [0.717, 1.165) is 35.9 Å². The topological polar surface area (TPSA) is 43.4 Å². The number of rotatable bonds is 11. The van der Waals surface area contributed by atoms with Gasteiger partial charge in [-0.3, -0.25) is 0 Å². The van der Waals surface area contributed by atoms with E-state index >= 15 is 0 Å². The number of ether oxygens (including phenoxy) is 1. The summed E-state index contributed by atoms with van der Waals surface area (Å²) in [4.78, 5) is 4.40. The highest BCUT2D eigenvalue weighted by Crippen LogP contribution is 2.36. The second-order valence-corrected chi connectivity index (χ2v) is 13.5. The zero-order chi connectivity index (χ0) is 20.7. The van der Waals surface area contributed by atoms with Crippen molar-refractivity contribution in [3.63, 3.8) is 0 Å². The van der Waals surface area contributed by atoms with Crippen LogP contribution in [-0.2, 0) is 9.16 Å². The molecule has 1 N–H and O–H groups in total. The second kappa shape index (κ2) is 11.1. The molecule has 0 aliphatic heterocycles. The minimum absolute atomic E-state index is 0.139. The molecule has 0 fully saturated rings. The molecule has 0 radical (unpaired) electrons. The molecule has 7 heteroatoms. The van der Waals surface area contributed by atoms with Crippen LogP contribution < -0.4 is 5.32 Å². The molecule has 1 rings (SSSR count). The molecule has 0 spiro atoms. The predicted molar refractivity (Wildman–Crippen MR) is 119 cm³/mol. The van der Waals surface area contributed by atoms with Crippen LogP contribution in [-0.4, -0.2) is 38.6 Å². The molecule has 4 nitrogen and oxygen atoms in total. The van der Waals surface area contributed by atoms with Gasteiger partial charge in [-0.05, 0) is 51.9 Å². The van der Waals surface area contributed by atoms with E-state index in [4.69, 9.17) is 32.4 Å². The van der Waals surface area contributed by atoms with E-state index in [1.165, 1.54) is 0 Å². The van der Waals surface area contributed by atoms with Crippen LogP contribution in [0.25, 0.3) is 0 Å². The molecule has 1 atom stereocenters. The summed E-state index contributed by atoms with van der Waals surface area (Å²) < 4.78 is 12.5. The van der Waals surface area contributed by atoms with Gasteiger partial charge in [0.15, 0.2) is 8.32 Å². The molecule has 1 aromatic rings. The summed E-state index contributed by atoms with van der Waals surface area (Å²) in [7, 11) is -1.84. The van der Waals surface area contributed by atoms with E-state index in [9.17, 15) is 0 Å². The molecule has 1 aromatic heterocycles. The molecule has 0 aromatic carbocycles.